The Morgan fingerprint density at radius 1 is 1.42 bits per heavy atom. The first-order valence-corrected chi connectivity index (χ1v) is 7.30. The van der Waals surface area contributed by atoms with E-state index in [0.29, 0.717) is 32.0 Å². The molecule has 1 aliphatic carbocycles. The van der Waals surface area contributed by atoms with Crippen LogP contribution in [0.2, 0.25) is 0 Å². The van der Waals surface area contributed by atoms with Crippen molar-refractivity contribution in [2.45, 2.75) is 56.5 Å². The van der Waals surface area contributed by atoms with E-state index < -0.39 is 11.1 Å². The highest BCUT2D eigenvalue weighted by Crippen LogP contribution is 2.31. The molecular formula is C14H26N2O3. The van der Waals surface area contributed by atoms with E-state index in [1.54, 1.807) is 0 Å². The van der Waals surface area contributed by atoms with Crippen LogP contribution < -0.4 is 11.1 Å². The topological polar surface area (TPSA) is 84.6 Å². The van der Waals surface area contributed by atoms with Crippen LogP contribution in [-0.2, 0) is 9.53 Å². The number of ether oxygens (including phenoxy) is 1. The molecule has 2 atom stereocenters. The first-order valence-electron chi connectivity index (χ1n) is 7.30. The third-order valence-corrected chi connectivity index (χ3v) is 4.62. The van der Waals surface area contributed by atoms with Crippen LogP contribution in [0.25, 0.3) is 0 Å². The molecule has 4 N–H and O–H groups in total. The summed E-state index contributed by atoms with van der Waals surface area (Å²) in [5.74, 6) is 0.388. The third-order valence-electron chi connectivity index (χ3n) is 4.62. The zero-order chi connectivity index (χ0) is 13.9. The Morgan fingerprint density at radius 3 is 2.68 bits per heavy atom. The summed E-state index contributed by atoms with van der Waals surface area (Å²) >= 11 is 0. The minimum atomic E-state index is -0.766. The predicted octanol–water partition coefficient (Wildman–Crippen LogP) is 0.552. The lowest BCUT2D eigenvalue weighted by Gasteiger charge is -2.41. The van der Waals surface area contributed by atoms with Gasteiger partial charge in [-0.1, -0.05) is 19.8 Å². The van der Waals surface area contributed by atoms with Crippen LogP contribution in [0.3, 0.4) is 0 Å². The van der Waals surface area contributed by atoms with E-state index >= 15 is 0 Å². The van der Waals surface area contributed by atoms with Gasteiger partial charge in [0.15, 0.2) is 0 Å². The van der Waals surface area contributed by atoms with Gasteiger partial charge in [-0.05, 0) is 31.6 Å². The molecule has 2 fully saturated rings. The number of aliphatic hydroxyl groups excluding tert-OH is 1. The van der Waals surface area contributed by atoms with E-state index in [2.05, 4.69) is 12.2 Å². The van der Waals surface area contributed by atoms with Crippen LogP contribution in [0.4, 0.5) is 0 Å². The van der Waals surface area contributed by atoms with Crippen molar-refractivity contribution in [3.05, 3.63) is 0 Å². The molecule has 0 aromatic rings. The van der Waals surface area contributed by atoms with Gasteiger partial charge in [0.25, 0.3) is 0 Å². The number of nitrogens with two attached hydrogens (primary N) is 1. The Kier molecular flexibility index (Phi) is 4.48. The van der Waals surface area contributed by atoms with Crippen LogP contribution in [-0.4, -0.2) is 41.9 Å². The van der Waals surface area contributed by atoms with Crippen molar-refractivity contribution in [3.63, 3.8) is 0 Å². The van der Waals surface area contributed by atoms with Crippen LogP contribution in [0.15, 0.2) is 0 Å². The van der Waals surface area contributed by atoms with Gasteiger partial charge < -0.3 is 20.9 Å². The van der Waals surface area contributed by atoms with E-state index in [9.17, 15) is 9.90 Å². The summed E-state index contributed by atoms with van der Waals surface area (Å²) < 4.78 is 5.30. The standard InChI is InChI=1S/C14H26N2O3/c1-11-3-2-4-14(15,9-11)12(18)16-13(10-17)5-7-19-8-6-13/h11,17H,2-10,15H2,1H3,(H,16,18). The van der Waals surface area contributed by atoms with Gasteiger partial charge in [0, 0.05) is 13.2 Å². The minimum Gasteiger partial charge on any atom is -0.394 e. The molecule has 2 rings (SSSR count). The number of carbonyl (C=O) groups is 1. The summed E-state index contributed by atoms with van der Waals surface area (Å²) in [6, 6.07) is 0. The molecule has 0 spiro atoms. The fraction of sp³-hybridized carbons (Fsp3) is 0.929. The number of hydrogen-bond acceptors (Lipinski definition) is 4. The van der Waals surface area contributed by atoms with Crippen LogP contribution >= 0.6 is 0 Å². The molecule has 5 nitrogen and oxygen atoms in total. The Bertz CT molecular complexity index is 329. The van der Waals surface area contributed by atoms with Crippen molar-refractivity contribution in [1.29, 1.82) is 0 Å². The summed E-state index contributed by atoms with van der Waals surface area (Å²) in [6.07, 6.45) is 4.92. The lowest BCUT2D eigenvalue weighted by Crippen LogP contribution is -2.64. The zero-order valence-electron chi connectivity index (χ0n) is 11.8. The SMILES string of the molecule is CC1CCCC(N)(C(=O)NC2(CO)CCOCC2)C1. The van der Waals surface area contributed by atoms with Gasteiger partial charge in [-0.15, -0.1) is 0 Å². The maximum Gasteiger partial charge on any atom is 0.240 e. The molecule has 0 aromatic carbocycles. The average Bonchev–Trinajstić information content (AvgIpc) is 2.39. The fourth-order valence-electron chi connectivity index (χ4n) is 3.25. The van der Waals surface area contributed by atoms with Gasteiger partial charge in [0.2, 0.25) is 5.91 Å². The van der Waals surface area contributed by atoms with E-state index in [4.69, 9.17) is 10.5 Å². The normalized spacial score (nSPS) is 34.8. The maximum absolute atomic E-state index is 12.5. The summed E-state index contributed by atoms with van der Waals surface area (Å²) in [5, 5.41) is 12.6. The van der Waals surface area contributed by atoms with Crippen LogP contribution in [0.1, 0.15) is 45.4 Å². The van der Waals surface area contributed by atoms with E-state index in [1.165, 1.54) is 0 Å². The van der Waals surface area contributed by atoms with Crippen LogP contribution in [0, 0.1) is 5.92 Å². The van der Waals surface area contributed by atoms with Gasteiger partial charge in [0.05, 0.1) is 17.7 Å². The Hall–Kier alpha value is -0.650. The largest absolute Gasteiger partial charge is 0.394 e. The summed E-state index contributed by atoms with van der Waals surface area (Å²) in [4.78, 5) is 12.5. The first kappa shape index (κ1) is 14.8. The molecule has 1 saturated carbocycles. The zero-order valence-corrected chi connectivity index (χ0v) is 11.8. The van der Waals surface area contributed by atoms with Crippen molar-refractivity contribution in [3.8, 4) is 0 Å². The summed E-state index contributed by atoms with van der Waals surface area (Å²) in [7, 11) is 0. The van der Waals surface area contributed by atoms with E-state index in [-0.39, 0.29) is 12.5 Å². The summed E-state index contributed by atoms with van der Waals surface area (Å²) in [5.41, 5.74) is 4.99. The second-order valence-electron chi connectivity index (χ2n) is 6.36. The van der Waals surface area contributed by atoms with Gasteiger partial charge in [-0.25, -0.2) is 0 Å². The number of carbonyl (C=O) groups excluding carboxylic acids is 1. The molecule has 2 aliphatic rings. The number of aliphatic hydroxyl groups is 1. The van der Waals surface area contributed by atoms with Crippen LogP contribution in [0.5, 0.6) is 0 Å². The Balaban J connectivity index is 2.02. The van der Waals surface area contributed by atoms with Crippen molar-refractivity contribution in [2.75, 3.05) is 19.8 Å². The highest BCUT2D eigenvalue weighted by molar-refractivity contribution is 5.86. The van der Waals surface area contributed by atoms with Gasteiger partial charge >= 0.3 is 0 Å². The second-order valence-corrected chi connectivity index (χ2v) is 6.36. The minimum absolute atomic E-state index is 0.0479. The lowest BCUT2D eigenvalue weighted by molar-refractivity contribution is -0.132. The molecular weight excluding hydrogens is 244 g/mol. The van der Waals surface area contributed by atoms with Crippen molar-refractivity contribution >= 4 is 5.91 Å². The molecule has 1 aliphatic heterocycles. The maximum atomic E-state index is 12.5. The molecule has 1 amide bonds. The van der Waals surface area contributed by atoms with Gasteiger partial charge in [-0.3, -0.25) is 4.79 Å². The van der Waals surface area contributed by atoms with Crippen molar-refractivity contribution in [2.24, 2.45) is 11.7 Å². The van der Waals surface area contributed by atoms with Gasteiger partial charge in [0.1, 0.15) is 0 Å². The number of hydrogen-bond donors (Lipinski definition) is 3. The average molecular weight is 270 g/mol. The molecule has 0 radical (unpaired) electrons. The monoisotopic (exact) mass is 270 g/mol. The number of nitrogens with one attached hydrogen (secondary N) is 1. The first-order chi connectivity index (χ1) is 9.00. The quantitative estimate of drug-likeness (QED) is 0.699. The summed E-state index contributed by atoms with van der Waals surface area (Å²) in [6.45, 7) is 3.25. The van der Waals surface area contributed by atoms with E-state index in [0.717, 1.165) is 25.7 Å². The molecule has 19 heavy (non-hydrogen) atoms. The lowest BCUT2D eigenvalue weighted by atomic mass is 9.76. The highest BCUT2D eigenvalue weighted by Gasteiger charge is 2.42. The second kappa shape index (κ2) is 5.77. The molecule has 110 valence electrons. The molecule has 0 aromatic heterocycles. The molecule has 2 unspecified atom stereocenters. The van der Waals surface area contributed by atoms with Gasteiger partial charge in [-0.2, -0.15) is 0 Å². The number of rotatable bonds is 3. The van der Waals surface area contributed by atoms with Crippen molar-refractivity contribution < 1.29 is 14.6 Å². The smallest absolute Gasteiger partial charge is 0.240 e. The number of amides is 1. The van der Waals surface area contributed by atoms with E-state index in [1.807, 2.05) is 0 Å². The molecule has 0 bridgehead atoms. The predicted molar refractivity (Wildman–Crippen MR) is 72.6 cm³/mol. The Labute approximate surface area is 114 Å². The third kappa shape index (κ3) is 3.27. The molecule has 5 heteroatoms. The molecule has 1 saturated heterocycles. The Morgan fingerprint density at radius 2 is 2.11 bits per heavy atom. The van der Waals surface area contributed by atoms with Crippen molar-refractivity contribution in [1.82, 2.24) is 5.32 Å². The fourth-order valence-corrected chi connectivity index (χ4v) is 3.25. The highest BCUT2D eigenvalue weighted by atomic mass is 16.5. The molecule has 1 heterocycles.